The molecule has 0 radical (unpaired) electrons. The molecule has 0 bridgehead atoms. The summed E-state index contributed by atoms with van der Waals surface area (Å²) in [7, 11) is 0. The lowest BCUT2D eigenvalue weighted by atomic mass is 10.1. The molecule has 0 unspecified atom stereocenters. The summed E-state index contributed by atoms with van der Waals surface area (Å²) >= 11 is 11.9. The van der Waals surface area contributed by atoms with Gasteiger partial charge in [0.25, 0.3) is 5.91 Å². The van der Waals surface area contributed by atoms with Crippen LogP contribution in [-0.2, 0) is 14.4 Å². The average molecular weight is 571 g/mol. The summed E-state index contributed by atoms with van der Waals surface area (Å²) in [5.74, 6) is -1.53. The van der Waals surface area contributed by atoms with Gasteiger partial charge >= 0.3 is 11.8 Å². The van der Waals surface area contributed by atoms with Gasteiger partial charge < -0.3 is 20.1 Å². The summed E-state index contributed by atoms with van der Waals surface area (Å²) in [5, 5.41) is 9.43. The van der Waals surface area contributed by atoms with E-state index in [9.17, 15) is 14.4 Å². The molecule has 3 aromatic carbocycles. The van der Waals surface area contributed by atoms with E-state index in [0.717, 1.165) is 22.4 Å². The predicted molar refractivity (Wildman–Crippen MR) is 153 cm³/mol. The van der Waals surface area contributed by atoms with E-state index >= 15 is 0 Å². The minimum Gasteiger partial charge on any atom is -0.490 e. The standard InChI is InChI=1S/C28H28Cl2N4O5/c1-5-38-23-13-19(14-31-34-28(37)27(36)32-21-8-6-7-20(29)25(21)30)9-10-22(23)39-15-24(35)33-26-17(3)11-16(2)12-18(26)4/h6-14H,5,15H2,1-4H3,(H,32,36)(H,33,35)(H,34,37)/b31-14-. The Morgan fingerprint density at radius 3 is 2.31 bits per heavy atom. The van der Waals surface area contributed by atoms with Crippen molar-refractivity contribution in [3.8, 4) is 11.5 Å². The van der Waals surface area contributed by atoms with Gasteiger partial charge in [0.2, 0.25) is 0 Å². The summed E-state index contributed by atoms with van der Waals surface area (Å²) in [4.78, 5) is 36.8. The van der Waals surface area contributed by atoms with Crippen LogP contribution < -0.4 is 25.5 Å². The van der Waals surface area contributed by atoms with Crippen LogP contribution in [0.3, 0.4) is 0 Å². The Morgan fingerprint density at radius 1 is 0.897 bits per heavy atom. The van der Waals surface area contributed by atoms with Crippen LogP contribution in [0, 0.1) is 20.8 Å². The number of carbonyl (C=O) groups excluding carboxylic acids is 3. The first-order valence-electron chi connectivity index (χ1n) is 11.9. The van der Waals surface area contributed by atoms with Gasteiger partial charge in [-0.2, -0.15) is 5.10 Å². The number of carbonyl (C=O) groups is 3. The van der Waals surface area contributed by atoms with Crippen molar-refractivity contribution >= 4 is 58.5 Å². The molecular weight excluding hydrogens is 543 g/mol. The Morgan fingerprint density at radius 2 is 1.62 bits per heavy atom. The molecule has 0 aromatic heterocycles. The molecular formula is C28H28Cl2N4O5. The lowest BCUT2D eigenvalue weighted by molar-refractivity contribution is -0.136. The van der Waals surface area contributed by atoms with Crippen LogP contribution in [0.5, 0.6) is 11.5 Å². The summed E-state index contributed by atoms with van der Waals surface area (Å²) in [6, 6.07) is 13.6. The molecule has 0 heterocycles. The number of hydrazone groups is 1. The summed E-state index contributed by atoms with van der Waals surface area (Å²) in [6.07, 6.45) is 1.33. The minimum atomic E-state index is -1.00. The molecule has 0 spiro atoms. The molecule has 3 rings (SSSR count). The van der Waals surface area contributed by atoms with Gasteiger partial charge in [-0.25, -0.2) is 5.43 Å². The van der Waals surface area contributed by atoms with Crippen LogP contribution in [0.15, 0.2) is 53.6 Å². The zero-order valence-corrected chi connectivity index (χ0v) is 23.4. The minimum absolute atomic E-state index is 0.118. The van der Waals surface area contributed by atoms with E-state index in [1.807, 2.05) is 39.8 Å². The first kappa shape index (κ1) is 29.5. The van der Waals surface area contributed by atoms with Crippen LogP contribution >= 0.6 is 23.2 Å². The van der Waals surface area contributed by atoms with Crippen molar-refractivity contribution in [3.63, 3.8) is 0 Å². The number of hydrogen-bond acceptors (Lipinski definition) is 6. The Labute approximate surface area is 236 Å². The third-order valence-electron chi connectivity index (χ3n) is 5.35. The fraction of sp³-hybridized carbons (Fsp3) is 0.214. The number of hydrogen-bond donors (Lipinski definition) is 3. The number of ether oxygens (including phenoxy) is 2. The van der Waals surface area contributed by atoms with Crippen molar-refractivity contribution in [1.82, 2.24) is 5.43 Å². The van der Waals surface area contributed by atoms with E-state index in [0.29, 0.717) is 23.7 Å². The molecule has 3 amide bonds. The molecule has 0 fully saturated rings. The SMILES string of the molecule is CCOc1cc(/C=N\NC(=O)C(=O)Nc2cccc(Cl)c2Cl)ccc1OCC(=O)Nc1c(C)cc(C)cc1C. The van der Waals surface area contributed by atoms with Crippen LogP contribution in [0.4, 0.5) is 11.4 Å². The third-order valence-corrected chi connectivity index (χ3v) is 6.17. The lowest BCUT2D eigenvalue weighted by Crippen LogP contribution is -2.32. The molecule has 11 heteroatoms. The first-order chi connectivity index (χ1) is 18.6. The Bertz CT molecular complexity index is 1400. The molecule has 0 aliphatic heterocycles. The zero-order valence-electron chi connectivity index (χ0n) is 21.9. The van der Waals surface area contributed by atoms with Crippen molar-refractivity contribution in [2.45, 2.75) is 27.7 Å². The van der Waals surface area contributed by atoms with Crippen molar-refractivity contribution < 1.29 is 23.9 Å². The maximum absolute atomic E-state index is 12.5. The number of anilines is 2. The van der Waals surface area contributed by atoms with Gasteiger partial charge in [0.05, 0.1) is 28.6 Å². The number of rotatable bonds is 9. The van der Waals surface area contributed by atoms with Gasteiger partial charge in [-0.05, 0) is 74.7 Å². The van der Waals surface area contributed by atoms with Crippen molar-refractivity contribution in [3.05, 3.63) is 80.8 Å². The van der Waals surface area contributed by atoms with E-state index in [-0.39, 0.29) is 28.2 Å². The fourth-order valence-corrected chi connectivity index (χ4v) is 4.03. The monoisotopic (exact) mass is 570 g/mol. The van der Waals surface area contributed by atoms with E-state index in [4.69, 9.17) is 32.7 Å². The highest BCUT2D eigenvalue weighted by molar-refractivity contribution is 6.45. The van der Waals surface area contributed by atoms with Crippen molar-refractivity contribution in [2.24, 2.45) is 5.10 Å². The Kier molecular flexibility index (Phi) is 10.3. The van der Waals surface area contributed by atoms with Crippen LogP contribution in [-0.4, -0.2) is 37.1 Å². The second-order valence-corrected chi connectivity index (χ2v) is 9.29. The molecule has 3 aromatic rings. The van der Waals surface area contributed by atoms with Crippen LogP contribution in [0.2, 0.25) is 10.0 Å². The highest BCUT2D eigenvalue weighted by Gasteiger charge is 2.16. The van der Waals surface area contributed by atoms with Gasteiger partial charge in [-0.1, -0.05) is 47.0 Å². The van der Waals surface area contributed by atoms with E-state index in [1.54, 1.807) is 30.3 Å². The highest BCUT2D eigenvalue weighted by atomic mass is 35.5. The first-order valence-corrected chi connectivity index (χ1v) is 12.7. The van der Waals surface area contributed by atoms with Crippen molar-refractivity contribution in [1.29, 1.82) is 0 Å². The lowest BCUT2D eigenvalue weighted by Gasteiger charge is -2.15. The smallest absolute Gasteiger partial charge is 0.329 e. The molecule has 0 aliphatic rings. The number of benzene rings is 3. The zero-order chi connectivity index (χ0) is 28.5. The highest BCUT2D eigenvalue weighted by Crippen LogP contribution is 2.30. The van der Waals surface area contributed by atoms with Gasteiger partial charge in [0, 0.05) is 5.69 Å². The summed E-state index contributed by atoms with van der Waals surface area (Å²) in [6.45, 7) is 7.82. The molecule has 39 heavy (non-hydrogen) atoms. The number of nitrogens with one attached hydrogen (secondary N) is 3. The topological polar surface area (TPSA) is 118 Å². The molecule has 9 nitrogen and oxygen atoms in total. The van der Waals surface area contributed by atoms with Crippen LogP contribution in [0.1, 0.15) is 29.2 Å². The second kappa shape index (κ2) is 13.6. The average Bonchev–Trinajstić information content (AvgIpc) is 2.88. The molecule has 3 N–H and O–H groups in total. The van der Waals surface area contributed by atoms with Gasteiger partial charge in [-0.3, -0.25) is 14.4 Å². The fourth-order valence-electron chi connectivity index (χ4n) is 3.68. The number of amides is 3. The number of nitrogens with zero attached hydrogens (tertiary/aromatic N) is 1. The number of halogens is 2. The quantitative estimate of drug-likeness (QED) is 0.180. The van der Waals surface area contributed by atoms with Gasteiger partial charge in [0.15, 0.2) is 18.1 Å². The largest absolute Gasteiger partial charge is 0.490 e. The van der Waals surface area contributed by atoms with E-state index in [1.165, 1.54) is 12.3 Å². The molecule has 0 aliphatic carbocycles. The molecule has 0 saturated carbocycles. The van der Waals surface area contributed by atoms with E-state index < -0.39 is 11.8 Å². The van der Waals surface area contributed by atoms with Gasteiger partial charge in [0.1, 0.15) is 0 Å². The summed E-state index contributed by atoms with van der Waals surface area (Å²) < 4.78 is 11.3. The predicted octanol–water partition coefficient (Wildman–Crippen LogP) is 5.42. The molecule has 204 valence electrons. The normalized spacial score (nSPS) is 10.7. The second-order valence-electron chi connectivity index (χ2n) is 8.50. The third kappa shape index (κ3) is 8.20. The van der Waals surface area contributed by atoms with Gasteiger partial charge in [-0.15, -0.1) is 0 Å². The van der Waals surface area contributed by atoms with Crippen LogP contribution in [0.25, 0.3) is 0 Å². The van der Waals surface area contributed by atoms with E-state index in [2.05, 4.69) is 21.2 Å². The molecule has 0 atom stereocenters. The maximum atomic E-state index is 12.5. The molecule has 0 saturated heterocycles. The van der Waals surface area contributed by atoms with Crippen molar-refractivity contribution in [2.75, 3.05) is 23.8 Å². The Balaban J connectivity index is 1.59. The summed E-state index contributed by atoms with van der Waals surface area (Å²) in [5.41, 5.74) is 6.72. The number of aryl methyl sites for hydroxylation is 3. The Hall–Kier alpha value is -4.08. The maximum Gasteiger partial charge on any atom is 0.329 e.